The zero-order chi connectivity index (χ0) is 12.7. The van der Waals surface area contributed by atoms with Crippen LogP contribution < -0.4 is 0 Å². The Balaban J connectivity index is 1.78. The third-order valence-electron chi connectivity index (χ3n) is 5.04. The lowest BCUT2D eigenvalue weighted by Gasteiger charge is -2.32. The Kier molecular flexibility index (Phi) is 1.60. The van der Waals surface area contributed by atoms with Crippen LogP contribution in [-0.4, -0.2) is 23.9 Å². The van der Waals surface area contributed by atoms with Crippen LogP contribution in [0.1, 0.15) is 19.3 Å². The van der Waals surface area contributed by atoms with Gasteiger partial charge in [0.15, 0.2) is 0 Å². The van der Waals surface area contributed by atoms with E-state index in [1.165, 1.54) is 0 Å². The first-order valence-corrected chi connectivity index (χ1v) is 6.03. The molecular weight excluding hydrogens is 240 g/mol. The second-order valence-electron chi connectivity index (χ2n) is 5.69. The largest absolute Gasteiger partial charge is 0.393 e. The summed E-state index contributed by atoms with van der Waals surface area (Å²) in [4.78, 5) is 46.5. The highest BCUT2D eigenvalue weighted by atomic mass is 16.6. The van der Waals surface area contributed by atoms with Crippen LogP contribution in [0.5, 0.6) is 0 Å². The summed E-state index contributed by atoms with van der Waals surface area (Å²) in [7, 11) is 0. The summed E-state index contributed by atoms with van der Waals surface area (Å²) in [5.41, 5.74) is -0.868. The maximum Gasteiger partial charge on any atom is 0.320 e. The zero-order valence-corrected chi connectivity index (χ0v) is 9.38. The number of hydrogen-bond acceptors (Lipinski definition) is 6. The lowest BCUT2D eigenvalue weighted by molar-refractivity contribution is -0.157. The van der Waals surface area contributed by atoms with Crippen LogP contribution in [0.3, 0.4) is 0 Å². The summed E-state index contributed by atoms with van der Waals surface area (Å²) in [6.07, 6.45) is 1.14. The van der Waals surface area contributed by atoms with Gasteiger partial charge in [-0.1, -0.05) is 0 Å². The van der Waals surface area contributed by atoms with Crippen LogP contribution in [0.15, 0.2) is 0 Å². The van der Waals surface area contributed by atoms with Crippen LogP contribution in [-0.2, 0) is 28.7 Å². The molecule has 0 aromatic carbocycles. The van der Waals surface area contributed by atoms with Crippen molar-refractivity contribution in [2.45, 2.75) is 19.3 Å². The van der Waals surface area contributed by atoms with Crippen molar-refractivity contribution >= 4 is 23.9 Å². The Morgan fingerprint density at radius 3 is 2.39 bits per heavy atom. The molecule has 0 amide bonds. The molecule has 4 aliphatic rings. The smallest absolute Gasteiger partial charge is 0.320 e. The summed E-state index contributed by atoms with van der Waals surface area (Å²) in [5, 5.41) is 0. The van der Waals surface area contributed by atoms with Gasteiger partial charge >= 0.3 is 23.9 Å². The maximum absolute atomic E-state index is 11.9. The van der Waals surface area contributed by atoms with Gasteiger partial charge in [-0.15, -0.1) is 0 Å². The summed E-state index contributed by atoms with van der Waals surface area (Å²) < 4.78 is 9.31. The minimum absolute atomic E-state index is 0.0302. The summed E-state index contributed by atoms with van der Waals surface area (Å²) >= 11 is 0. The van der Waals surface area contributed by atoms with Crippen LogP contribution in [0.4, 0.5) is 0 Å². The lowest BCUT2D eigenvalue weighted by atomic mass is 9.64. The first-order valence-electron chi connectivity index (χ1n) is 6.03. The van der Waals surface area contributed by atoms with Gasteiger partial charge in [-0.25, -0.2) is 0 Å². The number of esters is 4. The highest BCUT2D eigenvalue weighted by Gasteiger charge is 2.72. The first kappa shape index (κ1) is 10.2. The quantitative estimate of drug-likeness (QED) is 0.437. The summed E-state index contributed by atoms with van der Waals surface area (Å²) in [6.45, 7) is 0. The predicted molar refractivity (Wildman–Crippen MR) is 52.4 cm³/mol. The molecule has 0 N–H and O–H groups in total. The average Bonchev–Trinajstić information content (AvgIpc) is 2.95. The van der Waals surface area contributed by atoms with Gasteiger partial charge in [0.2, 0.25) is 0 Å². The van der Waals surface area contributed by atoms with Gasteiger partial charge in [-0.05, 0) is 24.7 Å². The highest BCUT2D eigenvalue weighted by molar-refractivity contribution is 6.02. The Bertz CT molecular complexity index is 523. The van der Waals surface area contributed by atoms with Gasteiger partial charge in [-0.3, -0.25) is 19.2 Å². The Morgan fingerprint density at radius 1 is 1.00 bits per heavy atom. The molecule has 6 heteroatoms. The van der Waals surface area contributed by atoms with E-state index in [-0.39, 0.29) is 18.3 Å². The van der Waals surface area contributed by atoms with E-state index in [2.05, 4.69) is 9.47 Å². The van der Waals surface area contributed by atoms with E-state index in [1.54, 1.807) is 0 Å². The molecule has 2 aliphatic heterocycles. The molecule has 94 valence electrons. The molecule has 6 nitrogen and oxygen atoms in total. The normalized spacial score (nSPS) is 48.9. The number of rotatable bonds is 0. The van der Waals surface area contributed by atoms with Crippen LogP contribution in [0.2, 0.25) is 0 Å². The van der Waals surface area contributed by atoms with Gasteiger partial charge in [0.1, 0.15) is 0 Å². The number of cyclic esters (lactones) is 4. The third kappa shape index (κ3) is 0.921. The van der Waals surface area contributed by atoms with Gasteiger partial charge in [0.25, 0.3) is 0 Å². The van der Waals surface area contributed by atoms with Crippen molar-refractivity contribution in [1.82, 2.24) is 0 Å². The van der Waals surface area contributed by atoms with Crippen molar-refractivity contribution in [2.75, 3.05) is 0 Å². The minimum Gasteiger partial charge on any atom is -0.393 e. The van der Waals surface area contributed by atoms with Crippen LogP contribution in [0, 0.1) is 29.1 Å². The minimum atomic E-state index is -0.868. The molecule has 4 rings (SSSR count). The van der Waals surface area contributed by atoms with Crippen molar-refractivity contribution in [3.63, 3.8) is 0 Å². The fourth-order valence-electron chi connectivity index (χ4n) is 4.46. The fraction of sp³-hybridized carbons (Fsp3) is 0.667. The van der Waals surface area contributed by atoms with E-state index < -0.39 is 41.1 Å². The number of carbonyl (C=O) groups is 4. The zero-order valence-electron chi connectivity index (χ0n) is 9.38. The van der Waals surface area contributed by atoms with E-state index in [1.807, 2.05) is 0 Å². The van der Waals surface area contributed by atoms with Crippen molar-refractivity contribution in [3.8, 4) is 0 Å². The van der Waals surface area contributed by atoms with Gasteiger partial charge < -0.3 is 9.47 Å². The molecule has 1 spiro atoms. The van der Waals surface area contributed by atoms with Crippen molar-refractivity contribution in [1.29, 1.82) is 0 Å². The molecular formula is C12H10O6. The maximum atomic E-state index is 11.9. The molecule has 4 fully saturated rings. The predicted octanol–water partition coefficient (Wildman–Crippen LogP) is -0.198. The Labute approximate surface area is 102 Å². The van der Waals surface area contributed by atoms with E-state index >= 15 is 0 Å². The Hall–Kier alpha value is -1.72. The second kappa shape index (κ2) is 2.81. The van der Waals surface area contributed by atoms with E-state index in [4.69, 9.17) is 0 Å². The first-order chi connectivity index (χ1) is 8.53. The number of fused-ring (bicyclic) bond motifs is 6. The molecule has 0 radical (unpaired) electrons. The van der Waals surface area contributed by atoms with E-state index in [0.29, 0.717) is 12.8 Å². The van der Waals surface area contributed by atoms with Crippen LogP contribution in [0.25, 0.3) is 0 Å². The van der Waals surface area contributed by atoms with Gasteiger partial charge in [0, 0.05) is 0 Å². The molecule has 0 aromatic rings. The second-order valence-corrected chi connectivity index (χ2v) is 5.69. The Morgan fingerprint density at radius 2 is 1.72 bits per heavy atom. The topological polar surface area (TPSA) is 86.7 Å². The monoisotopic (exact) mass is 250 g/mol. The van der Waals surface area contributed by atoms with Crippen molar-refractivity contribution in [2.24, 2.45) is 29.1 Å². The molecule has 2 bridgehead atoms. The van der Waals surface area contributed by atoms with Crippen molar-refractivity contribution < 1.29 is 28.7 Å². The molecule has 2 saturated carbocycles. The SMILES string of the molecule is O=C1CC2(CC3C[C@@H]2C2C(=O)OC(=O)C32)C(=O)O1. The van der Waals surface area contributed by atoms with Gasteiger partial charge in [0.05, 0.1) is 23.7 Å². The molecule has 2 saturated heterocycles. The average molecular weight is 250 g/mol. The number of carbonyl (C=O) groups excluding carboxylic acids is 4. The highest BCUT2D eigenvalue weighted by Crippen LogP contribution is 2.66. The lowest BCUT2D eigenvalue weighted by Crippen LogP contribution is -2.41. The van der Waals surface area contributed by atoms with Crippen molar-refractivity contribution in [3.05, 3.63) is 0 Å². The number of ether oxygens (including phenoxy) is 2. The summed E-state index contributed by atoms with van der Waals surface area (Å²) in [6, 6.07) is 0. The third-order valence-corrected chi connectivity index (χ3v) is 5.04. The van der Waals surface area contributed by atoms with E-state index in [0.717, 1.165) is 0 Å². The molecule has 0 aromatic heterocycles. The number of hydrogen-bond donors (Lipinski definition) is 0. The fourth-order valence-corrected chi connectivity index (χ4v) is 4.46. The molecule has 2 aliphatic carbocycles. The molecule has 2 heterocycles. The van der Waals surface area contributed by atoms with E-state index in [9.17, 15) is 19.2 Å². The summed E-state index contributed by atoms with van der Waals surface area (Å²) in [5.74, 6) is -3.31. The molecule has 4 unspecified atom stereocenters. The molecule has 18 heavy (non-hydrogen) atoms. The standard InChI is InChI=1S/C12H10O6/c13-6-3-12(11(16)17-6)2-4-1-5(12)8-7(4)9(14)18-10(8)15/h4-5,7-8H,1-3H2/t4?,5-,7?,8?,12?/m1/s1. The molecule has 5 atom stereocenters. The van der Waals surface area contributed by atoms with Crippen LogP contribution >= 0.6 is 0 Å². The van der Waals surface area contributed by atoms with Gasteiger partial charge in [-0.2, -0.15) is 0 Å².